The molecule has 0 amide bonds. The molecule has 0 radical (unpaired) electrons. The third kappa shape index (κ3) is 2.97. The van der Waals surface area contributed by atoms with Gasteiger partial charge in [0.05, 0.1) is 16.8 Å². The van der Waals surface area contributed by atoms with Crippen LogP contribution in [0.25, 0.3) is 0 Å². The van der Waals surface area contributed by atoms with E-state index in [0.29, 0.717) is 5.02 Å². The molecule has 0 fully saturated rings. The van der Waals surface area contributed by atoms with Gasteiger partial charge in [-0.2, -0.15) is 0 Å². The summed E-state index contributed by atoms with van der Waals surface area (Å²) in [6.45, 7) is 1.44. The minimum atomic E-state index is -3.38. The Balaban J connectivity index is 2.99. The summed E-state index contributed by atoms with van der Waals surface area (Å²) < 4.78 is 23.1. The van der Waals surface area contributed by atoms with Gasteiger partial charge in [0.25, 0.3) is 0 Å². The lowest BCUT2D eigenvalue weighted by Crippen LogP contribution is -2.17. The number of hydrogen-bond acceptors (Lipinski definition) is 3. The first-order valence-corrected chi connectivity index (χ1v) is 6.11. The molecule has 0 aliphatic heterocycles. The second-order valence-electron chi connectivity index (χ2n) is 3.08. The highest BCUT2D eigenvalue weighted by Gasteiger charge is 2.16. The summed E-state index contributed by atoms with van der Waals surface area (Å²) in [5, 5.41) is 9.49. The average Bonchev–Trinajstić information content (AvgIpc) is 2.02. The molecule has 1 N–H and O–H groups in total. The van der Waals surface area contributed by atoms with Crippen LogP contribution < -0.4 is 0 Å². The van der Waals surface area contributed by atoms with Crippen molar-refractivity contribution in [3.63, 3.8) is 0 Å². The second kappa shape index (κ2) is 4.29. The van der Waals surface area contributed by atoms with Crippen molar-refractivity contribution in [3.8, 4) is 0 Å². The van der Waals surface area contributed by atoms with Gasteiger partial charge < -0.3 is 5.11 Å². The fourth-order valence-electron chi connectivity index (χ4n) is 1.06. The molecule has 1 aromatic rings. The maximum Gasteiger partial charge on any atom is 0.180 e. The van der Waals surface area contributed by atoms with Gasteiger partial charge in [0.2, 0.25) is 0 Å². The van der Waals surface area contributed by atoms with Gasteiger partial charge in [0, 0.05) is 5.02 Å². The van der Waals surface area contributed by atoms with Crippen LogP contribution >= 0.6 is 11.6 Å². The van der Waals surface area contributed by atoms with Gasteiger partial charge in [-0.05, 0) is 31.2 Å². The third-order valence-electron chi connectivity index (χ3n) is 1.63. The molecular weight excluding hydrogens is 224 g/mol. The van der Waals surface area contributed by atoms with E-state index in [1.807, 2.05) is 0 Å². The minimum absolute atomic E-state index is 0.183. The maximum atomic E-state index is 11.6. The van der Waals surface area contributed by atoms with E-state index in [9.17, 15) is 8.42 Å². The molecule has 14 heavy (non-hydrogen) atoms. The maximum absolute atomic E-state index is 11.6. The van der Waals surface area contributed by atoms with E-state index >= 15 is 0 Å². The number of rotatable bonds is 3. The molecule has 0 aliphatic carbocycles. The van der Waals surface area contributed by atoms with E-state index in [1.165, 1.54) is 31.2 Å². The number of halogens is 1. The second-order valence-corrected chi connectivity index (χ2v) is 5.56. The topological polar surface area (TPSA) is 54.4 Å². The first-order valence-electron chi connectivity index (χ1n) is 4.08. The van der Waals surface area contributed by atoms with Crippen molar-refractivity contribution in [1.29, 1.82) is 0 Å². The SMILES string of the molecule is C[C@H](O)CS(=O)(=O)c1ccc(Cl)cc1. The molecular formula is C9H11ClO3S. The van der Waals surface area contributed by atoms with Crippen molar-refractivity contribution in [1.82, 2.24) is 0 Å². The molecule has 0 spiro atoms. The lowest BCUT2D eigenvalue weighted by Gasteiger charge is -2.06. The summed E-state index contributed by atoms with van der Waals surface area (Å²) in [5.74, 6) is -0.269. The number of aliphatic hydroxyl groups is 1. The van der Waals surface area contributed by atoms with Crippen LogP contribution in [0.2, 0.25) is 5.02 Å². The Morgan fingerprint density at radius 2 is 1.86 bits per heavy atom. The number of hydrogen-bond donors (Lipinski definition) is 1. The van der Waals surface area contributed by atoms with Gasteiger partial charge in [0.1, 0.15) is 0 Å². The highest BCUT2D eigenvalue weighted by Crippen LogP contribution is 2.15. The van der Waals surface area contributed by atoms with E-state index in [2.05, 4.69) is 0 Å². The average molecular weight is 235 g/mol. The minimum Gasteiger partial charge on any atom is -0.392 e. The molecule has 0 unspecified atom stereocenters. The zero-order valence-corrected chi connectivity index (χ0v) is 9.22. The standard InChI is InChI=1S/C9H11ClO3S/c1-7(11)6-14(12,13)9-4-2-8(10)3-5-9/h2-5,7,11H,6H2,1H3/t7-/m0/s1. The highest BCUT2D eigenvalue weighted by atomic mass is 35.5. The Morgan fingerprint density at radius 3 is 2.29 bits per heavy atom. The largest absolute Gasteiger partial charge is 0.392 e. The lowest BCUT2D eigenvalue weighted by atomic mass is 10.4. The van der Waals surface area contributed by atoms with E-state index in [0.717, 1.165) is 0 Å². The van der Waals surface area contributed by atoms with Gasteiger partial charge >= 0.3 is 0 Å². The first kappa shape index (κ1) is 11.5. The van der Waals surface area contributed by atoms with Crippen LogP contribution in [0, 0.1) is 0 Å². The molecule has 1 rings (SSSR count). The van der Waals surface area contributed by atoms with Crippen molar-refractivity contribution < 1.29 is 13.5 Å². The number of benzene rings is 1. The van der Waals surface area contributed by atoms with Crippen molar-refractivity contribution in [3.05, 3.63) is 29.3 Å². The van der Waals surface area contributed by atoms with Crippen LogP contribution in [0.4, 0.5) is 0 Å². The highest BCUT2D eigenvalue weighted by molar-refractivity contribution is 7.91. The van der Waals surface area contributed by atoms with Gasteiger partial charge in [-0.3, -0.25) is 0 Å². The lowest BCUT2D eigenvalue weighted by molar-refractivity contribution is 0.218. The van der Waals surface area contributed by atoms with Crippen molar-refractivity contribution >= 4 is 21.4 Å². The summed E-state index contributed by atoms with van der Waals surface area (Å²) in [4.78, 5) is 0.183. The molecule has 5 heteroatoms. The van der Waals surface area contributed by atoms with Crippen LogP contribution in [0.5, 0.6) is 0 Å². The fourth-order valence-corrected chi connectivity index (χ4v) is 2.56. The Bertz CT molecular complexity index is 395. The van der Waals surface area contributed by atoms with Crippen LogP contribution in [0.15, 0.2) is 29.2 Å². The van der Waals surface area contributed by atoms with Gasteiger partial charge in [-0.1, -0.05) is 11.6 Å². The van der Waals surface area contributed by atoms with Crippen molar-refractivity contribution in [2.24, 2.45) is 0 Å². The number of sulfone groups is 1. The van der Waals surface area contributed by atoms with E-state index in [1.54, 1.807) is 0 Å². The van der Waals surface area contributed by atoms with Crippen molar-refractivity contribution in [2.45, 2.75) is 17.9 Å². The third-order valence-corrected chi connectivity index (χ3v) is 3.80. The number of aliphatic hydroxyl groups excluding tert-OH is 1. The summed E-state index contributed by atoms with van der Waals surface area (Å²) in [6.07, 6.45) is -0.865. The molecule has 0 saturated carbocycles. The monoisotopic (exact) mass is 234 g/mol. The zero-order valence-electron chi connectivity index (χ0n) is 7.64. The molecule has 78 valence electrons. The molecule has 1 atom stereocenters. The Morgan fingerprint density at radius 1 is 1.36 bits per heavy atom. The Hall–Kier alpha value is -0.580. The van der Waals surface area contributed by atoms with Gasteiger partial charge in [0.15, 0.2) is 9.84 Å². The van der Waals surface area contributed by atoms with Gasteiger partial charge in [-0.15, -0.1) is 0 Å². The smallest absolute Gasteiger partial charge is 0.180 e. The normalized spacial score (nSPS) is 13.9. The van der Waals surface area contributed by atoms with Crippen LogP contribution in [0.1, 0.15) is 6.92 Å². The molecule has 0 bridgehead atoms. The summed E-state index contributed by atoms with van der Waals surface area (Å²) in [7, 11) is -3.38. The predicted molar refractivity (Wildman–Crippen MR) is 55.2 cm³/mol. The van der Waals surface area contributed by atoms with E-state index < -0.39 is 15.9 Å². The predicted octanol–water partition coefficient (Wildman–Crippen LogP) is 1.49. The van der Waals surface area contributed by atoms with E-state index in [4.69, 9.17) is 16.7 Å². The zero-order chi connectivity index (χ0) is 10.8. The molecule has 0 aliphatic rings. The molecule has 1 aromatic carbocycles. The molecule has 0 saturated heterocycles. The molecule has 0 aromatic heterocycles. The van der Waals surface area contributed by atoms with Gasteiger partial charge in [-0.25, -0.2) is 8.42 Å². The summed E-state index contributed by atoms with van der Waals surface area (Å²) in [5.41, 5.74) is 0. The van der Waals surface area contributed by atoms with Crippen LogP contribution in [0.3, 0.4) is 0 Å². The molecule has 0 heterocycles. The fraction of sp³-hybridized carbons (Fsp3) is 0.333. The van der Waals surface area contributed by atoms with Crippen molar-refractivity contribution in [2.75, 3.05) is 5.75 Å². The van der Waals surface area contributed by atoms with E-state index in [-0.39, 0.29) is 10.6 Å². The first-order chi connectivity index (χ1) is 6.42. The summed E-state index contributed by atoms with van der Waals surface area (Å²) in [6, 6.07) is 5.88. The Kier molecular flexibility index (Phi) is 3.53. The quantitative estimate of drug-likeness (QED) is 0.862. The van der Waals surface area contributed by atoms with Crippen LogP contribution in [-0.2, 0) is 9.84 Å². The summed E-state index contributed by atoms with van der Waals surface area (Å²) >= 11 is 5.62. The molecule has 3 nitrogen and oxygen atoms in total. The Labute approximate surface area is 88.2 Å². The van der Waals surface area contributed by atoms with Crippen LogP contribution in [-0.4, -0.2) is 25.4 Å².